The Kier molecular flexibility index (Phi) is 14.1. The van der Waals surface area contributed by atoms with Gasteiger partial charge in [0.2, 0.25) is 0 Å². The van der Waals surface area contributed by atoms with Crippen LogP contribution in [0.25, 0.3) is 0 Å². The first-order valence-corrected chi connectivity index (χ1v) is 12.0. The second-order valence-electron chi connectivity index (χ2n) is 9.99. The van der Waals surface area contributed by atoms with E-state index in [1.54, 1.807) is 0 Å². The van der Waals surface area contributed by atoms with Crippen LogP contribution in [0.1, 0.15) is 64.0 Å². The van der Waals surface area contributed by atoms with Crippen molar-refractivity contribution in [1.82, 2.24) is 5.32 Å². The number of rotatable bonds is 7. The smallest absolute Gasteiger partial charge is 0.475 e. The lowest BCUT2D eigenvalue weighted by Gasteiger charge is -2.35. The van der Waals surface area contributed by atoms with Crippen molar-refractivity contribution in [3.63, 3.8) is 0 Å². The van der Waals surface area contributed by atoms with E-state index < -0.39 is 29.9 Å². The number of alkyl halides is 6. The summed E-state index contributed by atoms with van der Waals surface area (Å²) in [4.78, 5) is 20.3. The van der Waals surface area contributed by atoms with Gasteiger partial charge in [-0.25, -0.2) is 9.59 Å². The summed E-state index contributed by atoms with van der Waals surface area (Å²) in [5.74, 6) is -5.51. The first kappa shape index (κ1) is 35.5. The lowest BCUT2D eigenvalue weighted by Crippen LogP contribution is -2.45. The fraction of sp³-hybridized carbons (Fsp3) is 0.680. The summed E-state index contributed by atoms with van der Waals surface area (Å²) in [6.07, 6.45) is -4.64. The second kappa shape index (κ2) is 15.2. The molecule has 1 aliphatic heterocycles. The summed E-state index contributed by atoms with van der Waals surface area (Å²) in [7, 11) is 0. The molecule has 0 radical (unpaired) electrons. The number of aryl methyl sites for hydroxylation is 2. The fourth-order valence-electron chi connectivity index (χ4n) is 3.76. The average Bonchev–Trinajstić information content (AvgIpc) is 2.72. The molecule has 1 heterocycles. The minimum Gasteiger partial charge on any atom is -0.475 e. The molecule has 1 unspecified atom stereocenters. The Balaban J connectivity index is 0.000000804. The number of aliphatic hydroxyl groups is 1. The van der Waals surface area contributed by atoms with Crippen LogP contribution in [0, 0.1) is 13.8 Å². The number of nitrogens with one attached hydrogen (secondary N) is 1. The largest absolute Gasteiger partial charge is 0.490 e. The molecule has 2 rings (SSSR count). The molecule has 0 amide bonds. The molecule has 4 N–H and O–H groups in total. The third-order valence-corrected chi connectivity index (χ3v) is 5.50. The van der Waals surface area contributed by atoms with Crippen LogP contribution in [0.3, 0.4) is 0 Å². The summed E-state index contributed by atoms with van der Waals surface area (Å²) in [5.41, 5.74) is 3.55. The number of piperidine rings is 1. The number of nitrogens with zero attached hydrogens (tertiary/aromatic N) is 1. The molecule has 0 spiro atoms. The van der Waals surface area contributed by atoms with Gasteiger partial charge in [-0.1, -0.05) is 6.07 Å². The Labute approximate surface area is 218 Å². The van der Waals surface area contributed by atoms with Gasteiger partial charge in [0.25, 0.3) is 0 Å². The molecule has 1 atom stereocenters. The van der Waals surface area contributed by atoms with Crippen molar-refractivity contribution in [3.05, 3.63) is 29.3 Å². The number of hydrogen-bond acceptors (Lipinski definition) is 5. The molecule has 1 aromatic rings. The van der Waals surface area contributed by atoms with Crippen LogP contribution in [-0.4, -0.2) is 70.4 Å². The van der Waals surface area contributed by atoms with Gasteiger partial charge in [0.1, 0.15) is 0 Å². The monoisotopic (exact) mass is 560 g/mol. The molecule has 13 heteroatoms. The topological polar surface area (TPSA) is 110 Å². The summed E-state index contributed by atoms with van der Waals surface area (Å²) in [6, 6.07) is 8.02. The number of halogens is 6. The van der Waals surface area contributed by atoms with Gasteiger partial charge in [0.15, 0.2) is 0 Å². The summed E-state index contributed by atoms with van der Waals surface area (Å²) >= 11 is 0. The van der Waals surface area contributed by atoms with E-state index in [1.807, 2.05) is 13.8 Å². The average molecular weight is 561 g/mol. The van der Waals surface area contributed by atoms with Crippen molar-refractivity contribution >= 4 is 17.6 Å². The normalized spacial score (nSPS) is 15.5. The number of carbonyl (C=O) groups is 2. The van der Waals surface area contributed by atoms with Crippen molar-refractivity contribution in [1.29, 1.82) is 0 Å². The predicted octanol–water partition coefficient (Wildman–Crippen LogP) is 5.46. The predicted molar refractivity (Wildman–Crippen MR) is 131 cm³/mol. The molecular formula is C25H38F6N2O5. The van der Waals surface area contributed by atoms with E-state index in [4.69, 9.17) is 19.8 Å². The Bertz CT molecular complexity index is 832. The molecule has 220 valence electrons. The second-order valence-corrected chi connectivity index (χ2v) is 9.99. The van der Waals surface area contributed by atoms with Crippen LogP contribution in [0.4, 0.5) is 32.0 Å². The highest BCUT2D eigenvalue weighted by atomic mass is 19.4. The highest BCUT2D eigenvalue weighted by Gasteiger charge is 2.38. The zero-order valence-corrected chi connectivity index (χ0v) is 22.2. The van der Waals surface area contributed by atoms with E-state index >= 15 is 0 Å². The van der Waals surface area contributed by atoms with Crippen LogP contribution in [0.5, 0.6) is 0 Å². The fourth-order valence-corrected chi connectivity index (χ4v) is 3.76. The van der Waals surface area contributed by atoms with E-state index in [0.29, 0.717) is 12.1 Å². The molecule has 0 aromatic heterocycles. The molecule has 0 saturated carbocycles. The van der Waals surface area contributed by atoms with E-state index in [9.17, 15) is 31.4 Å². The van der Waals surface area contributed by atoms with Gasteiger partial charge in [-0.2, -0.15) is 26.3 Å². The van der Waals surface area contributed by atoms with Crippen molar-refractivity contribution in [2.24, 2.45) is 0 Å². The van der Waals surface area contributed by atoms with Crippen molar-refractivity contribution in [3.8, 4) is 0 Å². The molecule has 1 fully saturated rings. The molecular weight excluding hydrogens is 522 g/mol. The highest BCUT2D eigenvalue weighted by molar-refractivity contribution is 5.73. The quantitative estimate of drug-likeness (QED) is 0.328. The molecule has 7 nitrogen and oxygen atoms in total. The minimum atomic E-state index is -5.08. The van der Waals surface area contributed by atoms with E-state index in [-0.39, 0.29) is 0 Å². The Hall–Kier alpha value is -2.54. The van der Waals surface area contributed by atoms with Crippen LogP contribution in [0.15, 0.2) is 18.2 Å². The number of hydrogen-bond donors (Lipinski definition) is 4. The summed E-state index contributed by atoms with van der Waals surface area (Å²) in [6.45, 7) is 12.7. The van der Waals surface area contributed by atoms with E-state index in [0.717, 1.165) is 32.4 Å². The minimum absolute atomic E-state index is 0.531. The van der Waals surface area contributed by atoms with Crippen molar-refractivity contribution < 1.29 is 51.3 Å². The van der Waals surface area contributed by atoms with Crippen LogP contribution >= 0.6 is 0 Å². The van der Waals surface area contributed by atoms with Crippen molar-refractivity contribution in [2.45, 2.75) is 96.8 Å². The molecule has 0 aliphatic carbocycles. The zero-order chi connectivity index (χ0) is 29.9. The summed E-state index contributed by atoms with van der Waals surface area (Å²) in [5, 5.41) is 27.8. The van der Waals surface area contributed by atoms with Gasteiger partial charge in [-0.3, -0.25) is 0 Å². The standard InChI is InChI=1S/C21H36N2O.2C2HF3O2/c1-16-13-17(2)15-20(14-16)23-11-8-19(9-12-23)22-18(3)7-6-10-21(4,5)24;2*3-2(4,5)1(6)7/h13-15,18-19,22,24H,6-12H2,1-5H3;2*(H,6,7). The van der Waals surface area contributed by atoms with Crippen molar-refractivity contribution in [2.75, 3.05) is 18.0 Å². The van der Waals surface area contributed by atoms with Gasteiger partial charge in [-0.05, 0) is 90.0 Å². The first-order chi connectivity index (χ1) is 17.1. The number of anilines is 1. The number of benzene rings is 1. The molecule has 1 saturated heterocycles. The molecule has 38 heavy (non-hydrogen) atoms. The maximum Gasteiger partial charge on any atom is 0.490 e. The maximum atomic E-state index is 10.6. The van der Waals surface area contributed by atoms with Crippen LogP contribution in [0.2, 0.25) is 0 Å². The Morgan fingerprint density at radius 2 is 1.34 bits per heavy atom. The van der Waals surface area contributed by atoms with Gasteiger partial charge in [0.05, 0.1) is 5.60 Å². The molecule has 1 aromatic carbocycles. The molecule has 1 aliphatic rings. The number of aliphatic carboxylic acids is 2. The SMILES string of the molecule is Cc1cc(C)cc(N2CCC(NC(C)CCCC(C)(C)O)CC2)c1.O=C(O)C(F)(F)F.O=C(O)C(F)(F)F. The highest BCUT2D eigenvalue weighted by Crippen LogP contribution is 2.23. The van der Waals surface area contributed by atoms with Crippen LogP contribution in [-0.2, 0) is 9.59 Å². The van der Waals surface area contributed by atoms with E-state index in [2.05, 4.69) is 49.2 Å². The lowest BCUT2D eigenvalue weighted by molar-refractivity contribution is -0.193. The van der Waals surface area contributed by atoms with E-state index in [1.165, 1.54) is 29.7 Å². The first-order valence-electron chi connectivity index (χ1n) is 12.0. The number of carboxylic acid groups (broad SMARTS) is 2. The van der Waals surface area contributed by atoms with Gasteiger partial charge < -0.3 is 25.5 Å². The van der Waals surface area contributed by atoms with Gasteiger partial charge in [0, 0.05) is 30.9 Å². The Morgan fingerprint density at radius 1 is 0.947 bits per heavy atom. The third-order valence-electron chi connectivity index (χ3n) is 5.50. The Morgan fingerprint density at radius 3 is 1.68 bits per heavy atom. The maximum absolute atomic E-state index is 10.6. The molecule has 0 bridgehead atoms. The van der Waals surface area contributed by atoms with Gasteiger partial charge in [-0.15, -0.1) is 0 Å². The van der Waals surface area contributed by atoms with Gasteiger partial charge >= 0.3 is 24.3 Å². The third kappa shape index (κ3) is 16.3. The summed E-state index contributed by atoms with van der Waals surface area (Å²) < 4.78 is 63.5. The zero-order valence-electron chi connectivity index (χ0n) is 22.2. The van der Waals surface area contributed by atoms with Crippen LogP contribution < -0.4 is 10.2 Å². The number of carboxylic acids is 2. The lowest BCUT2D eigenvalue weighted by atomic mass is 9.98.